The molecule has 0 radical (unpaired) electrons. The average Bonchev–Trinajstić information content (AvgIpc) is 2.89. The van der Waals surface area contributed by atoms with Gasteiger partial charge in [-0.05, 0) is 80.0 Å². The average molecular weight is 323 g/mol. The number of ether oxygens (including phenoxy) is 1. The molecular weight excluding hydrogens is 298 g/mol. The quantitative estimate of drug-likeness (QED) is 0.810. The molecule has 24 heavy (non-hydrogen) atoms. The summed E-state index contributed by atoms with van der Waals surface area (Å²) >= 11 is 0. The number of fused-ring (bicyclic) bond motifs is 5. The second-order valence-corrected chi connectivity index (χ2v) is 8.08. The van der Waals surface area contributed by atoms with Crippen molar-refractivity contribution in [3.63, 3.8) is 0 Å². The van der Waals surface area contributed by atoms with Crippen LogP contribution in [0.1, 0.15) is 63.0 Å². The molecule has 0 heterocycles. The van der Waals surface area contributed by atoms with Crippen molar-refractivity contribution in [2.24, 2.45) is 17.3 Å². The molecule has 1 aromatic rings. The zero-order chi connectivity index (χ0) is 16.9. The van der Waals surface area contributed by atoms with Crippen molar-refractivity contribution < 1.29 is 9.53 Å². The van der Waals surface area contributed by atoms with Crippen molar-refractivity contribution in [2.45, 2.75) is 64.4 Å². The predicted octanol–water partition coefficient (Wildman–Crippen LogP) is 4.40. The molecule has 0 spiro atoms. The van der Waals surface area contributed by atoms with Crippen LogP contribution in [0.4, 0.5) is 0 Å². The number of nitriles is 1. The van der Waals surface area contributed by atoms with E-state index in [0.717, 1.165) is 37.9 Å². The van der Waals surface area contributed by atoms with E-state index in [1.54, 1.807) is 6.92 Å². The third-order valence-electron chi connectivity index (χ3n) is 6.90. The zero-order valence-corrected chi connectivity index (χ0v) is 14.5. The summed E-state index contributed by atoms with van der Waals surface area (Å²) in [5.41, 5.74) is 2.79. The van der Waals surface area contributed by atoms with E-state index in [1.807, 2.05) is 6.07 Å². The van der Waals surface area contributed by atoms with Gasteiger partial charge in [-0.2, -0.15) is 5.26 Å². The number of hydrogen-bond acceptors (Lipinski definition) is 3. The first kappa shape index (κ1) is 15.7. The number of carbonyl (C=O) groups excluding carboxylic acids is 1. The Morgan fingerprint density at radius 2 is 2.12 bits per heavy atom. The second kappa shape index (κ2) is 5.62. The van der Waals surface area contributed by atoms with Gasteiger partial charge in [-0.1, -0.05) is 13.0 Å². The maximum atomic E-state index is 12.4. The van der Waals surface area contributed by atoms with Gasteiger partial charge in [0.2, 0.25) is 0 Å². The van der Waals surface area contributed by atoms with Gasteiger partial charge in [-0.15, -0.1) is 0 Å². The van der Waals surface area contributed by atoms with Crippen LogP contribution in [-0.4, -0.2) is 11.9 Å². The van der Waals surface area contributed by atoms with Gasteiger partial charge >= 0.3 is 0 Å². The highest BCUT2D eigenvalue weighted by Gasteiger charge is 2.54. The fourth-order valence-corrected chi connectivity index (χ4v) is 5.63. The predicted molar refractivity (Wildman–Crippen MR) is 91.8 cm³/mol. The van der Waals surface area contributed by atoms with Crippen LogP contribution in [0.15, 0.2) is 18.2 Å². The van der Waals surface area contributed by atoms with E-state index in [2.05, 4.69) is 25.1 Å². The molecule has 3 heteroatoms. The maximum absolute atomic E-state index is 12.4. The van der Waals surface area contributed by atoms with Gasteiger partial charge in [0.05, 0.1) is 0 Å². The fraction of sp³-hybridized carbons (Fsp3) is 0.619. The molecule has 0 bridgehead atoms. The van der Waals surface area contributed by atoms with Gasteiger partial charge in [0.25, 0.3) is 0 Å². The van der Waals surface area contributed by atoms with E-state index in [-0.39, 0.29) is 5.41 Å². The highest BCUT2D eigenvalue weighted by atomic mass is 16.5. The van der Waals surface area contributed by atoms with Crippen molar-refractivity contribution in [3.05, 3.63) is 29.3 Å². The van der Waals surface area contributed by atoms with E-state index >= 15 is 0 Å². The first-order valence-electron chi connectivity index (χ1n) is 9.25. The van der Waals surface area contributed by atoms with Crippen LogP contribution in [0, 0.1) is 28.6 Å². The molecule has 5 atom stereocenters. The molecule has 3 aliphatic carbocycles. The minimum atomic E-state index is -0.417. The van der Waals surface area contributed by atoms with Crippen LogP contribution in [0.25, 0.3) is 0 Å². The first-order valence-corrected chi connectivity index (χ1v) is 9.25. The third kappa shape index (κ3) is 2.27. The van der Waals surface area contributed by atoms with Gasteiger partial charge in [0, 0.05) is 11.8 Å². The maximum Gasteiger partial charge on any atom is 0.181 e. The Labute approximate surface area is 144 Å². The van der Waals surface area contributed by atoms with Crippen LogP contribution in [0.3, 0.4) is 0 Å². The van der Waals surface area contributed by atoms with Crippen molar-refractivity contribution in [1.29, 1.82) is 5.26 Å². The first-order chi connectivity index (χ1) is 11.5. The summed E-state index contributed by atoms with van der Waals surface area (Å²) in [4.78, 5) is 12.4. The molecule has 0 amide bonds. The molecule has 0 saturated heterocycles. The molecule has 3 nitrogen and oxygen atoms in total. The van der Waals surface area contributed by atoms with Crippen LogP contribution >= 0.6 is 0 Å². The standard InChI is InChI=1S/C21H25NO2/c1-13(12-22)24-15-4-6-16-14(11-15)3-5-18-17(16)9-10-21(2)19(18)7-8-20(21)23/h4,6,11,13,17-19H,3,5,7-10H2,1-2H3/t13?,17-,18-,19+,21+/m1/s1. The SMILES string of the molecule is CC(C#N)Oc1ccc2c(c1)CC[C@@H]1[C@@H]2CC[C@]2(C)C(=O)CC[C@@H]12. The lowest BCUT2D eigenvalue weighted by Crippen LogP contribution is -2.42. The Kier molecular flexibility index (Phi) is 3.67. The lowest BCUT2D eigenvalue weighted by Gasteiger charge is -2.48. The summed E-state index contributed by atoms with van der Waals surface area (Å²) in [5, 5.41) is 8.92. The largest absolute Gasteiger partial charge is 0.476 e. The van der Waals surface area contributed by atoms with E-state index in [4.69, 9.17) is 10.00 Å². The normalized spacial score (nSPS) is 35.4. The van der Waals surface area contributed by atoms with Gasteiger partial charge in [0.15, 0.2) is 6.10 Å². The Bertz CT molecular complexity index is 719. The fourth-order valence-electron chi connectivity index (χ4n) is 5.63. The number of aryl methyl sites for hydroxylation is 1. The van der Waals surface area contributed by atoms with Crippen molar-refractivity contribution in [3.8, 4) is 11.8 Å². The van der Waals surface area contributed by atoms with Crippen molar-refractivity contribution in [1.82, 2.24) is 0 Å². The molecule has 1 unspecified atom stereocenters. The Hall–Kier alpha value is -1.82. The third-order valence-corrected chi connectivity index (χ3v) is 6.90. The van der Waals surface area contributed by atoms with Crippen LogP contribution in [0.5, 0.6) is 5.75 Å². The Balaban J connectivity index is 1.61. The summed E-state index contributed by atoms with van der Waals surface area (Å²) < 4.78 is 5.66. The lowest BCUT2D eigenvalue weighted by molar-refractivity contribution is -0.129. The molecule has 126 valence electrons. The zero-order valence-electron chi connectivity index (χ0n) is 14.5. The molecule has 4 rings (SSSR count). The highest BCUT2D eigenvalue weighted by Crippen LogP contribution is 2.59. The molecular formula is C21H25NO2. The smallest absolute Gasteiger partial charge is 0.181 e. The summed E-state index contributed by atoms with van der Waals surface area (Å²) in [5.74, 6) is 3.14. The Morgan fingerprint density at radius 1 is 1.29 bits per heavy atom. The topological polar surface area (TPSA) is 50.1 Å². The van der Waals surface area contributed by atoms with Gasteiger partial charge < -0.3 is 4.74 Å². The number of carbonyl (C=O) groups is 1. The summed E-state index contributed by atoms with van der Waals surface area (Å²) in [7, 11) is 0. The Morgan fingerprint density at radius 3 is 2.92 bits per heavy atom. The number of rotatable bonds is 2. The van der Waals surface area contributed by atoms with E-state index in [1.165, 1.54) is 17.5 Å². The molecule has 0 N–H and O–H groups in total. The van der Waals surface area contributed by atoms with Gasteiger partial charge in [0.1, 0.15) is 17.6 Å². The monoisotopic (exact) mass is 323 g/mol. The molecule has 0 aliphatic heterocycles. The summed E-state index contributed by atoms with van der Waals surface area (Å²) in [6, 6.07) is 8.48. The summed E-state index contributed by atoms with van der Waals surface area (Å²) in [6.45, 7) is 3.99. The lowest BCUT2D eigenvalue weighted by atomic mass is 9.55. The van der Waals surface area contributed by atoms with Crippen LogP contribution < -0.4 is 4.74 Å². The molecule has 2 fully saturated rings. The van der Waals surface area contributed by atoms with E-state index < -0.39 is 6.10 Å². The van der Waals surface area contributed by atoms with Crippen molar-refractivity contribution in [2.75, 3.05) is 0 Å². The van der Waals surface area contributed by atoms with Crippen molar-refractivity contribution >= 4 is 5.78 Å². The molecule has 1 aromatic carbocycles. The number of hydrogen-bond donors (Lipinski definition) is 0. The second-order valence-electron chi connectivity index (χ2n) is 8.08. The molecule has 3 aliphatic rings. The van der Waals surface area contributed by atoms with Gasteiger partial charge in [-0.25, -0.2) is 0 Å². The molecule has 2 saturated carbocycles. The van der Waals surface area contributed by atoms with Crippen LogP contribution in [-0.2, 0) is 11.2 Å². The number of Topliss-reactive ketones (excluding diaryl/α,β-unsaturated/α-hetero) is 1. The number of ketones is 1. The summed E-state index contributed by atoms with van der Waals surface area (Å²) in [6.07, 6.45) is 5.88. The minimum absolute atomic E-state index is 0.0516. The number of nitrogens with zero attached hydrogens (tertiary/aromatic N) is 1. The van der Waals surface area contributed by atoms with Crippen LogP contribution in [0.2, 0.25) is 0 Å². The number of benzene rings is 1. The van der Waals surface area contributed by atoms with E-state index in [9.17, 15) is 4.79 Å². The minimum Gasteiger partial charge on any atom is -0.476 e. The molecule has 0 aromatic heterocycles. The van der Waals surface area contributed by atoms with E-state index in [0.29, 0.717) is 23.5 Å². The van der Waals surface area contributed by atoms with Gasteiger partial charge in [-0.3, -0.25) is 4.79 Å². The highest BCUT2D eigenvalue weighted by molar-refractivity contribution is 5.87.